The van der Waals surface area contributed by atoms with Crippen molar-refractivity contribution in [1.29, 1.82) is 0 Å². The van der Waals surface area contributed by atoms with E-state index >= 15 is 0 Å². The van der Waals surface area contributed by atoms with Crippen LogP contribution in [0.4, 0.5) is 0 Å². The second-order valence-corrected chi connectivity index (χ2v) is 7.69. The molecule has 144 valence electrons. The molecule has 0 fully saturated rings. The third-order valence-electron chi connectivity index (χ3n) is 5.39. The van der Waals surface area contributed by atoms with E-state index in [4.69, 9.17) is 4.74 Å². The van der Waals surface area contributed by atoms with Crippen LogP contribution >= 0.6 is 0 Å². The minimum absolute atomic E-state index is 0.738. The van der Waals surface area contributed by atoms with Crippen LogP contribution in [0.25, 0.3) is 0 Å². The Kier molecular flexibility index (Phi) is 5.22. The van der Waals surface area contributed by atoms with E-state index in [1.807, 2.05) is 6.07 Å². The molecular weight excluding hydrogens is 352 g/mol. The van der Waals surface area contributed by atoms with Gasteiger partial charge in [0.25, 0.3) is 0 Å². The summed E-state index contributed by atoms with van der Waals surface area (Å²) in [4.78, 5) is 0. The highest BCUT2D eigenvalue weighted by molar-refractivity contribution is 5.50. The molecule has 0 heterocycles. The fourth-order valence-electron chi connectivity index (χ4n) is 3.71. The molecule has 0 saturated carbocycles. The van der Waals surface area contributed by atoms with Crippen molar-refractivity contribution >= 4 is 0 Å². The monoisotopic (exact) mass is 378 g/mol. The number of aryl methyl sites for hydroxylation is 3. The number of rotatable bonds is 5. The number of hydrogen-bond acceptors (Lipinski definition) is 1. The topological polar surface area (TPSA) is 9.23 Å². The van der Waals surface area contributed by atoms with Crippen LogP contribution in [0.2, 0.25) is 0 Å². The summed E-state index contributed by atoms with van der Waals surface area (Å²) in [6.07, 6.45) is 0. The maximum Gasteiger partial charge on any atom is 0.184 e. The van der Waals surface area contributed by atoms with Crippen LogP contribution < -0.4 is 4.74 Å². The predicted octanol–water partition coefficient (Wildman–Crippen LogP) is 6.98. The molecule has 0 atom stereocenters. The summed E-state index contributed by atoms with van der Waals surface area (Å²) in [5, 5.41) is 0. The number of benzene rings is 4. The van der Waals surface area contributed by atoms with Gasteiger partial charge in [0.2, 0.25) is 0 Å². The molecule has 0 amide bonds. The van der Waals surface area contributed by atoms with Crippen LogP contribution in [0.5, 0.6) is 5.75 Å². The lowest BCUT2D eigenvalue weighted by atomic mass is 9.79. The normalized spacial score (nSPS) is 11.3. The lowest BCUT2D eigenvalue weighted by molar-refractivity contribution is 0.155. The molecule has 4 rings (SSSR count). The Morgan fingerprint density at radius 3 is 1.28 bits per heavy atom. The van der Waals surface area contributed by atoms with Crippen molar-refractivity contribution in [2.45, 2.75) is 26.4 Å². The first-order valence-corrected chi connectivity index (χ1v) is 10.0. The van der Waals surface area contributed by atoms with Crippen LogP contribution in [0.1, 0.15) is 33.4 Å². The largest absolute Gasteiger partial charge is 0.473 e. The maximum absolute atomic E-state index is 6.90. The molecule has 0 unspecified atom stereocenters. The third-order valence-corrected chi connectivity index (χ3v) is 5.39. The van der Waals surface area contributed by atoms with Crippen molar-refractivity contribution in [2.24, 2.45) is 0 Å². The van der Waals surface area contributed by atoms with Gasteiger partial charge in [-0.1, -0.05) is 108 Å². The van der Waals surface area contributed by atoms with Crippen LogP contribution in [0.15, 0.2) is 103 Å². The minimum atomic E-state index is -0.738. The van der Waals surface area contributed by atoms with Gasteiger partial charge in [0.05, 0.1) is 0 Å². The smallest absolute Gasteiger partial charge is 0.184 e. The molecular formula is C28H26O. The van der Waals surface area contributed by atoms with Crippen molar-refractivity contribution in [3.8, 4) is 5.75 Å². The Bertz CT molecular complexity index is 1010. The van der Waals surface area contributed by atoms with Crippen molar-refractivity contribution in [1.82, 2.24) is 0 Å². The average Bonchev–Trinajstić information content (AvgIpc) is 2.75. The van der Waals surface area contributed by atoms with E-state index in [0.29, 0.717) is 0 Å². The highest BCUT2D eigenvalue weighted by Gasteiger charge is 2.39. The molecule has 0 N–H and O–H groups in total. The Labute approximate surface area is 173 Å². The average molecular weight is 379 g/mol. The maximum atomic E-state index is 6.90. The molecule has 0 aliphatic carbocycles. The molecule has 0 bridgehead atoms. The first-order valence-electron chi connectivity index (χ1n) is 10.0. The second kappa shape index (κ2) is 7.97. The Morgan fingerprint density at radius 2 is 0.828 bits per heavy atom. The van der Waals surface area contributed by atoms with Crippen molar-refractivity contribution in [3.63, 3.8) is 0 Å². The molecule has 0 saturated heterocycles. The van der Waals surface area contributed by atoms with Gasteiger partial charge in [0.1, 0.15) is 5.75 Å². The molecule has 1 heteroatoms. The molecule has 29 heavy (non-hydrogen) atoms. The fraction of sp³-hybridized carbons (Fsp3) is 0.143. The van der Waals surface area contributed by atoms with E-state index < -0.39 is 5.60 Å². The fourth-order valence-corrected chi connectivity index (χ4v) is 3.71. The van der Waals surface area contributed by atoms with E-state index in [1.165, 1.54) is 16.7 Å². The van der Waals surface area contributed by atoms with Gasteiger partial charge in [0, 0.05) is 16.7 Å². The van der Waals surface area contributed by atoms with Gasteiger partial charge in [-0.3, -0.25) is 0 Å². The molecule has 0 aromatic heterocycles. The van der Waals surface area contributed by atoms with Crippen LogP contribution in [0, 0.1) is 20.8 Å². The molecule has 0 aliphatic rings. The first kappa shape index (κ1) is 19.0. The van der Waals surface area contributed by atoms with Crippen LogP contribution in [-0.4, -0.2) is 0 Å². The highest BCUT2D eigenvalue weighted by atomic mass is 16.5. The molecule has 0 aliphatic heterocycles. The van der Waals surface area contributed by atoms with Crippen molar-refractivity contribution < 1.29 is 4.74 Å². The van der Waals surface area contributed by atoms with Gasteiger partial charge in [0.15, 0.2) is 5.60 Å². The number of hydrogen-bond donors (Lipinski definition) is 0. The summed E-state index contributed by atoms with van der Waals surface area (Å²) in [5.74, 6) is 0.848. The Balaban J connectivity index is 1.99. The summed E-state index contributed by atoms with van der Waals surface area (Å²) in [6.45, 7) is 6.32. The summed E-state index contributed by atoms with van der Waals surface area (Å²) >= 11 is 0. The first-order chi connectivity index (χ1) is 14.1. The van der Waals surface area contributed by atoms with Gasteiger partial charge in [-0.2, -0.15) is 0 Å². The van der Waals surface area contributed by atoms with E-state index in [9.17, 15) is 0 Å². The number of ether oxygens (including phenoxy) is 1. The van der Waals surface area contributed by atoms with Gasteiger partial charge >= 0.3 is 0 Å². The standard InChI is InChI=1S/C28H26O/c1-21-9-15-25(16-10-21)28(24-7-5-4-6-8-24,26-17-11-22(2)12-18-26)29-27-19-13-23(3)14-20-27/h4-20H,1-3H3. The molecule has 4 aromatic rings. The quantitative estimate of drug-likeness (QED) is 0.340. The summed E-state index contributed by atoms with van der Waals surface area (Å²) in [7, 11) is 0. The van der Waals surface area contributed by atoms with Crippen molar-refractivity contribution in [2.75, 3.05) is 0 Å². The highest BCUT2D eigenvalue weighted by Crippen LogP contribution is 2.41. The molecule has 0 spiro atoms. The zero-order valence-electron chi connectivity index (χ0n) is 17.2. The van der Waals surface area contributed by atoms with Gasteiger partial charge < -0.3 is 4.74 Å². The molecule has 0 radical (unpaired) electrons. The molecule has 4 aromatic carbocycles. The zero-order valence-corrected chi connectivity index (χ0v) is 17.2. The lowest BCUT2D eigenvalue weighted by Crippen LogP contribution is -2.36. The Morgan fingerprint density at radius 1 is 0.448 bits per heavy atom. The third kappa shape index (κ3) is 3.82. The van der Waals surface area contributed by atoms with Crippen LogP contribution in [-0.2, 0) is 5.60 Å². The summed E-state index contributed by atoms with van der Waals surface area (Å²) in [5.41, 5.74) is 6.27. The zero-order chi connectivity index (χ0) is 20.3. The van der Waals surface area contributed by atoms with E-state index in [0.717, 1.165) is 22.4 Å². The minimum Gasteiger partial charge on any atom is -0.473 e. The van der Waals surface area contributed by atoms with Gasteiger partial charge in [-0.25, -0.2) is 0 Å². The second-order valence-electron chi connectivity index (χ2n) is 7.69. The molecule has 1 nitrogen and oxygen atoms in total. The van der Waals surface area contributed by atoms with E-state index in [2.05, 4.69) is 118 Å². The SMILES string of the molecule is Cc1ccc(OC(c2ccccc2)(c2ccc(C)cc2)c2ccc(C)cc2)cc1. The van der Waals surface area contributed by atoms with E-state index in [1.54, 1.807) is 0 Å². The lowest BCUT2D eigenvalue weighted by Gasteiger charge is -2.36. The summed E-state index contributed by atoms with van der Waals surface area (Å²) < 4.78 is 6.90. The Hall–Kier alpha value is -3.32. The van der Waals surface area contributed by atoms with Gasteiger partial charge in [-0.15, -0.1) is 0 Å². The summed E-state index contributed by atoms with van der Waals surface area (Å²) in [6, 6.07) is 36.1. The van der Waals surface area contributed by atoms with Crippen molar-refractivity contribution in [3.05, 3.63) is 137 Å². The predicted molar refractivity (Wildman–Crippen MR) is 120 cm³/mol. The van der Waals surface area contributed by atoms with Gasteiger partial charge in [-0.05, 0) is 32.9 Å². The van der Waals surface area contributed by atoms with Crippen LogP contribution in [0.3, 0.4) is 0 Å². The van der Waals surface area contributed by atoms with E-state index in [-0.39, 0.29) is 0 Å².